The average Bonchev–Trinajstić information content (AvgIpc) is 3.59. The van der Waals surface area contributed by atoms with E-state index in [0.29, 0.717) is 19.1 Å². The van der Waals surface area contributed by atoms with E-state index in [1.807, 2.05) is 23.1 Å². The summed E-state index contributed by atoms with van der Waals surface area (Å²) in [5.41, 5.74) is 5.48. The van der Waals surface area contributed by atoms with Crippen molar-refractivity contribution < 1.29 is 14.0 Å². The number of urea groups is 1. The zero-order chi connectivity index (χ0) is 20.8. The monoisotopic (exact) mass is 400 g/mol. The van der Waals surface area contributed by atoms with Crippen LogP contribution < -0.4 is 11.1 Å². The van der Waals surface area contributed by atoms with Crippen molar-refractivity contribution in [2.75, 3.05) is 20.1 Å². The lowest BCUT2D eigenvalue weighted by Crippen LogP contribution is -2.53. The molecule has 1 saturated heterocycles. The molecule has 3 N–H and O–H groups in total. The van der Waals surface area contributed by atoms with Crippen LogP contribution in [0.25, 0.3) is 10.8 Å². The first-order chi connectivity index (χ1) is 14.1. The van der Waals surface area contributed by atoms with Crippen LogP contribution in [0, 0.1) is 5.82 Å². The maximum absolute atomic E-state index is 13.3. The first-order valence-corrected chi connectivity index (χ1v) is 10.2. The summed E-state index contributed by atoms with van der Waals surface area (Å²) in [5, 5.41) is 4.84. The van der Waals surface area contributed by atoms with Crippen LogP contribution in [0.3, 0.4) is 0 Å². The summed E-state index contributed by atoms with van der Waals surface area (Å²) in [7, 11) is 1.50. The SMILES string of the molecule is CN.O=CN1CCCC(N(C(=O)NCc2ccc3cc(F)ccc3c2)C2CC2)C1. The van der Waals surface area contributed by atoms with Crippen molar-refractivity contribution in [1.82, 2.24) is 15.1 Å². The van der Waals surface area contributed by atoms with Gasteiger partial charge in [0.05, 0.1) is 6.04 Å². The lowest BCUT2D eigenvalue weighted by atomic mass is 10.0. The number of benzene rings is 2. The molecule has 1 saturated carbocycles. The molecular formula is C22H29FN4O2. The van der Waals surface area contributed by atoms with Gasteiger partial charge in [-0.1, -0.05) is 18.2 Å². The molecule has 1 atom stereocenters. The lowest BCUT2D eigenvalue weighted by molar-refractivity contribution is -0.119. The number of halogens is 1. The Balaban J connectivity index is 0.00000117. The number of fused-ring (bicyclic) bond motifs is 1. The van der Waals surface area contributed by atoms with Crippen molar-refractivity contribution in [2.24, 2.45) is 5.73 Å². The first-order valence-electron chi connectivity index (χ1n) is 10.2. The third-order valence-electron chi connectivity index (χ3n) is 5.46. The number of nitrogens with zero attached hydrogens (tertiary/aromatic N) is 2. The fourth-order valence-electron chi connectivity index (χ4n) is 3.93. The molecule has 0 radical (unpaired) electrons. The molecule has 1 aliphatic carbocycles. The van der Waals surface area contributed by atoms with Crippen LogP contribution in [0.1, 0.15) is 31.2 Å². The van der Waals surface area contributed by atoms with Gasteiger partial charge in [0.2, 0.25) is 6.41 Å². The molecule has 0 bridgehead atoms. The highest BCUT2D eigenvalue weighted by Gasteiger charge is 2.38. The van der Waals surface area contributed by atoms with Crippen LogP contribution >= 0.6 is 0 Å². The smallest absolute Gasteiger partial charge is 0.318 e. The molecule has 29 heavy (non-hydrogen) atoms. The predicted molar refractivity (Wildman–Crippen MR) is 112 cm³/mol. The molecule has 2 aromatic carbocycles. The van der Waals surface area contributed by atoms with Crippen molar-refractivity contribution >= 4 is 23.2 Å². The lowest BCUT2D eigenvalue weighted by Gasteiger charge is -2.38. The van der Waals surface area contributed by atoms with Crippen LogP contribution in [-0.2, 0) is 11.3 Å². The molecular weight excluding hydrogens is 371 g/mol. The Kier molecular flexibility index (Phi) is 7.04. The van der Waals surface area contributed by atoms with Gasteiger partial charge in [-0.15, -0.1) is 0 Å². The van der Waals surface area contributed by atoms with Gasteiger partial charge in [-0.25, -0.2) is 9.18 Å². The predicted octanol–water partition coefficient (Wildman–Crippen LogP) is 2.85. The van der Waals surface area contributed by atoms with Gasteiger partial charge in [-0.3, -0.25) is 4.79 Å². The Morgan fingerprint density at radius 3 is 2.62 bits per heavy atom. The number of nitrogens with one attached hydrogen (secondary N) is 1. The van der Waals surface area contributed by atoms with Crippen molar-refractivity contribution in [3.63, 3.8) is 0 Å². The minimum Gasteiger partial charge on any atom is -0.343 e. The largest absolute Gasteiger partial charge is 0.343 e. The maximum Gasteiger partial charge on any atom is 0.318 e. The molecule has 2 aromatic rings. The molecule has 7 heteroatoms. The van der Waals surface area contributed by atoms with Crippen LogP contribution in [0.4, 0.5) is 9.18 Å². The van der Waals surface area contributed by atoms with E-state index in [2.05, 4.69) is 11.1 Å². The van der Waals surface area contributed by atoms with Gasteiger partial charge in [0.25, 0.3) is 0 Å². The first kappa shape index (κ1) is 21.0. The molecule has 1 heterocycles. The second kappa shape index (κ2) is 9.69. The third kappa shape index (κ3) is 5.23. The highest BCUT2D eigenvalue weighted by atomic mass is 19.1. The van der Waals surface area contributed by atoms with Gasteiger partial charge in [-0.05, 0) is 67.3 Å². The van der Waals surface area contributed by atoms with E-state index in [9.17, 15) is 14.0 Å². The number of carbonyl (C=O) groups is 2. The summed E-state index contributed by atoms with van der Waals surface area (Å²) in [6, 6.07) is 10.8. The van der Waals surface area contributed by atoms with Crippen LogP contribution in [0.15, 0.2) is 36.4 Å². The quantitative estimate of drug-likeness (QED) is 0.758. The minimum absolute atomic E-state index is 0.0607. The second-order valence-corrected chi connectivity index (χ2v) is 7.52. The minimum atomic E-state index is -0.250. The number of piperidine rings is 1. The van der Waals surface area contributed by atoms with Crippen molar-refractivity contribution in [3.8, 4) is 0 Å². The molecule has 2 aliphatic rings. The number of rotatable bonds is 5. The Morgan fingerprint density at radius 2 is 1.90 bits per heavy atom. The van der Waals surface area contributed by atoms with E-state index in [0.717, 1.165) is 55.0 Å². The molecule has 1 unspecified atom stereocenters. The van der Waals surface area contributed by atoms with Gasteiger partial charge in [0, 0.05) is 25.7 Å². The van der Waals surface area contributed by atoms with Gasteiger partial charge < -0.3 is 20.9 Å². The summed E-state index contributed by atoms with van der Waals surface area (Å²) >= 11 is 0. The summed E-state index contributed by atoms with van der Waals surface area (Å²) in [5.74, 6) is -0.250. The molecule has 3 amide bonds. The van der Waals surface area contributed by atoms with Gasteiger partial charge >= 0.3 is 6.03 Å². The number of hydrogen-bond acceptors (Lipinski definition) is 3. The standard InChI is InChI=1S/C21H24FN3O2.CH5N/c22-18-6-5-16-10-15(3-4-17(16)11-18)12-23-21(27)25(19-7-8-19)20-2-1-9-24(13-20)14-26;1-2/h3-6,10-11,14,19-20H,1-2,7-9,12-13H2,(H,23,27);2H2,1H3. The molecule has 0 spiro atoms. The van der Waals surface area contributed by atoms with Crippen molar-refractivity contribution in [3.05, 3.63) is 47.8 Å². The van der Waals surface area contributed by atoms with E-state index in [1.165, 1.54) is 19.2 Å². The Morgan fingerprint density at radius 1 is 1.17 bits per heavy atom. The van der Waals surface area contributed by atoms with Crippen molar-refractivity contribution in [1.29, 1.82) is 0 Å². The van der Waals surface area contributed by atoms with Gasteiger partial charge in [0.15, 0.2) is 0 Å². The van der Waals surface area contributed by atoms with Crippen LogP contribution in [0.5, 0.6) is 0 Å². The third-order valence-corrected chi connectivity index (χ3v) is 5.46. The van der Waals surface area contributed by atoms with Crippen molar-refractivity contribution in [2.45, 2.75) is 44.3 Å². The summed E-state index contributed by atoms with van der Waals surface area (Å²) in [4.78, 5) is 27.7. The van der Waals surface area contributed by atoms with E-state index in [4.69, 9.17) is 0 Å². The zero-order valence-electron chi connectivity index (χ0n) is 16.8. The van der Waals surface area contributed by atoms with E-state index in [-0.39, 0.29) is 17.9 Å². The van der Waals surface area contributed by atoms with E-state index < -0.39 is 0 Å². The molecule has 1 aliphatic heterocycles. The number of carbonyl (C=O) groups excluding carboxylic acids is 2. The molecule has 6 nitrogen and oxygen atoms in total. The Labute approximate surface area is 170 Å². The average molecular weight is 400 g/mol. The topological polar surface area (TPSA) is 78.7 Å². The van der Waals surface area contributed by atoms with E-state index in [1.54, 1.807) is 11.0 Å². The van der Waals surface area contributed by atoms with E-state index >= 15 is 0 Å². The Bertz CT molecular complexity index is 856. The highest BCUT2D eigenvalue weighted by molar-refractivity contribution is 5.83. The number of hydrogen-bond donors (Lipinski definition) is 2. The van der Waals surface area contributed by atoms with Gasteiger partial charge in [0.1, 0.15) is 5.82 Å². The van der Waals surface area contributed by atoms with Crippen LogP contribution in [-0.4, -0.2) is 54.5 Å². The fraction of sp³-hybridized carbons (Fsp3) is 0.455. The Hall–Kier alpha value is -2.67. The fourth-order valence-corrected chi connectivity index (χ4v) is 3.93. The number of amides is 3. The van der Waals surface area contributed by atoms with Gasteiger partial charge in [-0.2, -0.15) is 0 Å². The number of likely N-dealkylation sites (tertiary alicyclic amines) is 1. The summed E-state index contributed by atoms with van der Waals surface area (Å²) < 4.78 is 13.3. The second-order valence-electron chi connectivity index (χ2n) is 7.52. The molecule has 2 fully saturated rings. The van der Waals surface area contributed by atoms with Crippen LogP contribution in [0.2, 0.25) is 0 Å². The molecule has 156 valence electrons. The molecule has 4 rings (SSSR count). The zero-order valence-corrected chi connectivity index (χ0v) is 16.8. The number of nitrogens with two attached hydrogens (primary N) is 1. The normalized spacial score (nSPS) is 18.6. The summed E-state index contributed by atoms with van der Waals surface area (Å²) in [6.07, 6.45) is 4.82. The molecule has 0 aromatic heterocycles. The summed E-state index contributed by atoms with van der Waals surface area (Å²) in [6.45, 7) is 1.83. The highest BCUT2D eigenvalue weighted by Crippen LogP contribution is 2.31. The maximum atomic E-state index is 13.3.